The van der Waals surface area contributed by atoms with Gasteiger partial charge in [0, 0.05) is 0 Å². The molecule has 1 aromatic carbocycles. The first kappa shape index (κ1) is 5.96. The summed E-state index contributed by atoms with van der Waals surface area (Å²) in [7, 11) is 0. The van der Waals surface area contributed by atoms with Gasteiger partial charge in [-0.3, -0.25) is 5.10 Å². The number of benzene rings is 1. The molecule has 1 heterocycles. The van der Waals surface area contributed by atoms with Crippen LogP contribution in [0.5, 0.6) is 5.75 Å². The number of nitrogens with zero attached hydrogens (tertiary/aromatic N) is 2. The van der Waals surface area contributed by atoms with Crippen LogP contribution in [-0.4, -0.2) is 20.5 Å². The lowest BCUT2D eigenvalue weighted by Gasteiger charge is -1.95. The molecule has 1 aromatic heterocycles. The lowest BCUT2D eigenvalue weighted by Crippen LogP contribution is -1.85. The number of nitrogens with one attached hydrogen (secondary N) is 1. The quantitative estimate of drug-likeness (QED) is 0.371. The average molecular weight is 150 g/mol. The van der Waals surface area contributed by atoms with Gasteiger partial charge in [0.1, 0.15) is 0 Å². The van der Waals surface area contributed by atoms with Crippen LogP contribution in [-0.2, 0) is 0 Å². The number of anilines is 1. The van der Waals surface area contributed by atoms with Crippen molar-refractivity contribution < 1.29 is 5.11 Å². The van der Waals surface area contributed by atoms with Crippen molar-refractivity contribution in [2.45, 2.75) is 0 Å². The Morgan fingerprint density at radius 3 is 3.09 bits per heavy atom. The van der Waals surface area contributed by atoms with E-state index in [0.29, 0.717) is 16.7 Å². The molecule has 2 rings (SSSR count). The predicted molar refractivity (Wildman–Crippen MR) is 40.0 cm³/mol. The zero-order chi connectivity index (χ0) is 7.84. The molecule has 0 fully saturated rings. The normalized spacial score (nSPS) is 10.5. The second-order valence-electron chi connectivity index (χ2n) is 2.21. The van der Waals surface area contributed by atoms with Crippen molar-refractivity contribution >= 4 is 16.7 Å². The van der Waals surface area contributed by atoms with Gasteiger partial charge >= 0.3 is 0 Å². The maximum atomic E-state index is 9.30. The molecule has 0 aliphatic heterocycles. The summed E-state index contributed by atoms with van der Waals surface area (Å²) in [6.07, 6.45) is 0. The fraction of sp³-hybridized carbons (Fsp3) is 0. The summed E-state index contributed by atoms with van der Waals surface area (Å²) in [5.41, 5.74) is 6.81. The second kappa shape index (κ2) is 1.85. The summed E-state index contributed by atoms with van der Waals surface area (Å²) in [4.78, 5) is 0. The minimum absolute atomic E-state index is 0.0174. The van der Waals surface area contributed by atoms with Crippen LogP contribution in [0.15, 0.2) is 12.1 Å². The van der Waals surface area contributed by atoms with E-state index < -0.39 is 0 Å². The molecule has 5 heteroatoms. The molecule has 56 valence electrons. The monoisotopic (exact) mass is 150 g/mol. The zero-order valence-electron chi connectivity index (χ0n) is 5.57. The number of rotatable bonds is 0. The van der Waals surface area contributed by atoms with Gasteiger partial charge in [-0.25, -0.2) is 0 Å². The molecule has 0 spiro atoms. The third kappa shape index (κ3) is 0.706. The maximum Gasteiger partial charge on any atom is 0.168 e. The second-order valence-corrected chi connectivity index (χ2v) is 2.21. The molecule has 0 aliphatic carbocycles. The highest BCUT2D eigenvalue weighted by Gasteiger charge is 2.05. The molecular weight excluding hydrogens is 144 g/mol. The summed E-state index contributed by atoms with van der Waals surface area (Å²) in [6.45, 7) is 0. The fourth-order valence-electron chi connectivity index (χ4n) is 0.916. The van der Waals surface area contributed by atoms with Gasteiger partial charge in [-0.1, -0.05) is 5.21 Å². The predicted octanol–water partition coefficient (Wildman–Crippen LogP) is 0.246. The first-order valence-corrected chi connectivity index (χ1v) is 3.07. The number of phenolic OH excluding ortho intramolecular Hbond substituents is 1. The first-order valence-electron chi connectivity index (χ1n) is 3.07. The highest BCUT2D eigenvalue weighted by molar-refractivity contribution is 5.85. The molecule has 0 unspecified atom stereocenters. The zero-order valence-corrected chi connectivity index (χ0v) is 5.57. The Balaban J connectivity index is 2.93. The van der Waals surface area contributed by atoms with Gasteiger partial charge in [0.05, 0.1) is 11.2 Å². The largest absolute Gasteiger partial charge is 0.504 e. The minimum atomic E-state index is -0.0174. The van der Waals surface area contributed by atoms with Crippen LogP contribution < -0.4 is 5.73 Å². The Morgan fingerprint density at radius 2 is 2.27 bits per heavy atom. The van der Waals surface area contributed by atoms with Crippen molar-refractivity contribution in [1.82, 2.24) is 15.4 Å². The van der Waals surface area contributed by atoms with Crippen molar-refractivity contribution in [3.63, 3.8) is 0 Å². The number of hydrogen-bond acceptors (Lipinski definition) is 4. The number of nitrogens with two attached hydrogens (primary N) is 1. The minimum Gasteiger partial charge on any atom is -0.504 e. The summed E-state index contributed by atoms with van der Waals surface area (Å²) < 4.78 is 0. The Morgan fingerprint density at radius 1 is 1.45 bits per heavy atom. The molecule has 0 bridgehead atoms. The summed E-state index contributed by atoms with van der Waals surface area (Å²) in [6, 6.07) is 3.31. The van der Waals surface area contributed by atoms with E-state index in [1.54, 1.807) is 12.1 Å². The number of fused-ring (bicyclic) bond motifs is 1. The molecule has 0 amide bonds. The summed E-state index contributed by atoms with van der Waals surface area (Å²) >= 11 is 0. The van der Waals surface area contributed by atoms with Crippen molar-refractivity contribution in [1.29, 1.82) is 0 Å². The molecule has 0 aliphatic rings. The van der Waals surface area contributed by atoms with Crippen molar-refractivity contribution in [2.24, 2.45) is 0 Å². The van der Waals surface area contributed by atoms with Gasteiger partial charge in [0.2, 0.25) is 0 Å². The number of phenols is 1. The number of hydrogen-bond donors (Lipinski definition) is 3. The summed E-state index contributed by atoms with van der Waals surface area (Å²) in [5.74, 6) is -0.0174. The number of aromatic amines is 1. The van der Waals surface area contributed by atoms with Crippen LogP contribution >= 0.6 is 0 Å². The molecule has 0 radical (unpaired) electrons. The Hall–Kier alpha value is -1.78. The van der Waals surface area contributed by atoms with E-state index in [4.69, 9.17) is 5.73 Å². The van der Waals surface area contributed by atoms with Gasteiger partial charge in [-0.15, -0.1) is 5.10 Å². The van der Waals surface area contributed by atoms with Crippen molar-refractivity contribution in [2.75, 3.05) is 5.73 Å². The van der Waals surface area contributed by atoms with E-state index in [1.165, 1.54) is 0 Å². The molecule has 11 heavy (non-hydrogen) atoms. The van der Waals surface area contributed by atoms with Gasteiger partial charge in [-0.2, -0.15) is 0 Å². The first-order chi connectivity index (χ1) is 5.29. The lowest BCUT2D eigenvalue weighted by atomic mass is 10.2. The SMILES string of the molecule is Nc1ccc2[nH]nnc2c1O. The standard InChI is InChI=1S/C6H6N4O/c7-3-1-2-4-5(6(3)11)9-10-8-4/h1-2,11H,7H2,(H,8,9,10). The van der Waals surface area contributed by atoms with E-state index in [0.717, 1.165) is 0 Å². The maximum absolute atomic E-state index is 9.30. The van der Waals surface area contributed by atoms with E-state index in [9.17, 15) is 5.11 Å². The topological polar surface area (TPSA) is 87.8 Å². The average Bonchev–Trinajstić information content (AvgIpc) is 2.45. The van der Waals surface area contributed by atoms with Gasteiger partial charge < -0.3 is 10.8 Å². The van der Waals surface area contributed by atoms with Crippen LogP contribution in [0.2, 0.25) is 0 Å². The number of H-pyrrole nitrogens is 1. The molecule has 0 atom stereocenters. The fourth-order valence-corrected chi connectivity index (χ4v) is 0.916. The van der Waals surface area contributed by atoms with Crippen molar-refractivity contribution in [3.05, 3.63) is 12.1 Å². The third-order valence-electron chi connectivity index (χ3n) is 1.50. The molecular formula is C6H6N4O. The highest BCUT2D eigenvalue weighted by Crippen LogP contribution is 2.26. The van der Waals surface area contributed by atoms with E-state index in [1.807, 2.05) is 0 Å². The van der Waals surface area contributed by atoms with Gasteiger partial charge in [0.25, 0.3) is 0 Å². The third-order valence-corrected chi connectivity index (χ3v) is 1.50. The van der Waals surface area contributed by atoms with Crippen LogP contribution in [0, 0.1) is 0 Å². The number of aromatic hydroxyl groups is 1. The van der Waals surface area contributed by atoms with Crippen LogP contribution in [0.25, 0.3) is 11.0 Å². The molecule has 5 nitrogen and oxygen atoms in total. The summed E-state index contributed by atoms with van der Waals surface area (Å²) in [5, 5.41) is 19.1. The molecule has 4 N–H and O–H groups in total. The van der Waals surface area contributed by atoms with E-state index >= 15 is 0 Å². The highest BCUT2D eigenvalue weighted by atomic mass is 16.3. The van der Waals surface area contributed by atoms with E-state index in [-0.39, 0.29) is 5.75 Å². The molecule has 0 saturated heterocycles. The number of aromatic nitrogens is 3. The molecule has 0 saturated carbocycles. The van der Waals surface area contributed by atoms with Crippen LogP contribution in [0.1, 0.15) is 0 Å². The van der Waals surface area contributed by atoms with E-state index in [2.05, 4.69) is 15.4 Å². The van der Waals surface area contributed by atoms with Gasteiger partial charge in [0.15, 0.2) is 11.3 Å². The van der Waals surface area contributed by atoms with Crippen LogP contribution in [0.3, 0.4) is 0 Å². The lowest BCUT2D eigenvalue weighted by molar-refractivity contribution is 0.483. The number of nitrogen functional groups attached to an aromatic ring is 1. The van der Waals surface area contributed by atoms with Gasteiger partial charge in [-0.05, 0) is 12.1 Å². The smallest absolute Gasteiger partial charge is 0.168 e. The Labute approximate surface area is 61.8 Å². The Kier molecular flexibility index (Phi) is 1.00. The van der Waals surface area contributed by atoms with Crippen LogP contribution in [0.4, 0.5) is 5.69 Å². The molecule has 2 aromatic rings. The van der Waals surface area contributed by atoms with Crippen molar-refractivity contribution in [3.8, 4) is 5.75 Å². The Bertz CT molecular complexity index is 394.